The number of aromatic nitrogens is 8. The lowest BCUT2D eigenvalue weighted by atomic mass is 10.2. The number of hydrogen-bond donors (Lipinski definition) is 3. The molecule has 7 rings (SSSR count). The van der Waals surface area contributed by atoms with Crippen molar-refractivity contribution < 1.29 is 9.47 Å². The van der Waals surface area contributed by atoms with E-state index in [2.05, 4.69) is 15.3 Å². The van der Waals surface area contributed by atoms with Crippen molar-refractivity contribution in [2.75, 3.05) is 13.2 Å². The Balaban J connectivity index is 1.21. The van der Waals surface area contributed by atoms with E-state index >= 15 is 0 Å². The summed E-state index contributed by atoms with van der Waals surface area (Å²) in [5.41, 5.74) is 13.5. The largest absolute Gasteiger partial charge is 0.475 e. The molecule has 15 nitrogen and oxygen atoms in total. The minimum atomic E-state index is 0.0954. The van der Waals surface area contributed by atoms with Gasteiger partial charge < -0.3 is 29.7 Å². The van der Waals surface area contributed by atoms with Crippen LogP contribution in [-0.4, -0.2) is 68.9 Å². The van der Waals surface area contributed by atoms with E-state index in [0.717, 1.165) is 59.5 Å². The lowest BCUT2D eigenvalue weighted by molar-refractivity contribution is 0.290. The fourth-order valence-electron chi connectivity index (χ4n) is 5.62. The molecule has 0 fully saturated rings. The maximum absolute atomic E-state index is 8.79. The summed E-state index contributed by atoms with van der Waals surface area (Å²) < 4.78 is 20.1. The van der Waals surface area contributed by atoms with Gasteiger partial charge in [-0.25, -0.2) is 29.0 Å². The van der Waals surface area contributed by atoms with Crippen LogP contribution in [0, 0.1) is 33.1 Å². The van der Waals surface area contributed by atoms with Gasteiger partial charge in [0, 0.05) is 49.3 Å². The summed E-state index contributed by atoms with van der Waals surface area (Å²) in [5, 5.41) is 21.6. The molecule has 0 atom stereocenters. The van der Waals surface area contributed by atoms with Gasteiger partial charge >= 0.3 is 0 Å². The molecule has 0 spiro atoms. The van der Waals surface area contributed by atoms with Crippen molar-refractivity contribution in [2.24, 2.45) is 15.7 Å². The molecule has 1 aliphatic rings. The van der Waals surface area contributed by atoms with E-state index in [1.165, 1.54) is 6.08 Å². The molecule has 0 aromatic carbocycles. The Morgan fingerprint density at radius 3 is 1.72 bits per heavy atom. The van der Waals surface area contributed by atoms with Crippen LogP contribution in [0.1, 0.15) is 35.4 Å². The second kappa shape index (κ2) is 13.7. The number of pyridine rings is 2. The molecule has 0 radical (unpaired) electrons. The predicted octanol–water partition coefficient (Wildman–Crippen LogP) is 4.77. The molecular weight excluding hydrogens is 634 g/mol. The number of nitrogens with zero attached hydrogens (tertiary/aromatic N) is 10. The van der Waals surface area contributed by atoms with Crippen molar-refractivity contribution in [2.45, 2.75) is 53.6 Å². The van der Waals surface area contributed by atoms with Gasteiger partial charge in [0.2, 0.25) is 0 Å². The van der Waals surface area contributed by atoms with Gasteiger partial charge in [-0.2, -0.15) is 0 Å². The quantitative estimate of drug-likeness (QED) is 0.156. The summed E-state index contributed by atoms with van der Waals surface area (Å²) in [5.74, 6) is 1.32. The first-order chi connectivity index (χ1) is 24.3. The highest BCUT2D eigenvalue weighted by Gasteiger charge is 2.24. The maximum atomic E-state index is 8.79. The molecule has 0 saturated heterocycles. The van der Waals surface area contributed by atoms with Crippen molar-refractivity contribution in [3.05, 3.63) is 96.0 Å². The molecule has 0 saturated carbocycles. The molecule has 4 N–H and O–H groups in total. The van der Waals surface area contributed by atoms with Crippen LogP contribution in [-0.2, 0) is 13.1 Å². The lowest BCUT2D eigenvalue weighted by Gasteiger charge is -2.18. The van der Waals surface area contributed by atoms with E-state index in [-0.39, 0.29) is 17.2 Å². The van der Waals surface area contributed by atoms with Gasteiger partial charge in [0.15, 0.2) is 23.0 Å². The number of rotatable bonds is 12. The molecule has 7 heterocycles. The summed E-state index contributed by atoms with van der Waals surface area (Å²) in [4.78, 5) is 18.1. The SMILES string of the molecule is Cc1ccc2c(/N=C3\N/C(=N\c4c(OCCCn5ccnc5)nn5c(C)c(C)ccc45)C(N)=CC3=N)c(OCCCn3ccnc3)nn2c1C. The Morgan fingerprint density at radius 2 is 1.24 bits per heavy atom. The van der Waals surface area contributed by atoms with E-state index in [0.29, 0.717) is 42.2 Å². The number of fused-ring (bicyclic) bond motifs is 2. The summed E-state index contributed by atoms with van der Waals surface area (Å²) in [6, 6.07) is 7.97. The Morgan fingerprint density at radius 1 is 0.740 bits per heavy atom. The van der Waals surface area contributed by atoms with Crippen molar-refractivity contribution in [1.82, 2.24) is 43.6 Å². The number of hydrogen-bond acceptors (Lipinski definition) is 10. The smallest absolute Gasteiger partial charge is 0.260 e. The number of amidine groups is 2. The zero-order chi connectivity index (χ0) is 34.8. The van der Waals surface area contributed by atoms with E-state index in [4.69, 9.17) is 40.8 Å². The van der Waals surface area contributed by atoms with Gasteiger partial charge in [-0.1, -0.05) is 12.1 Å². The molecule has 6 aromatic rings. The minimum Gasteiger partial charge on any atom is -0.475 e. The second-order valence-electron chi connectivity index (χ2n) is 12.2. The number of ether oxygens (including phenoxy) is 2. The van der Waals surface area contributed by atoms with Crippen LogP contribution in [0.4, 0.5) is 11.4 Å². The van der Waals surface area contributed by atoms with Crippen LogP contribution in [0.15, 0.2) is 83.5 Å². The first-order valence-electron chi connectivity index (χ1n) is 16.4. The summed E-state index contributed by atoms with van der Waals surface area (Å²) in [6.07, 6.45) is 13.9. The average molecular weight is 674 g/mol. The number of nitrogens with one attached hydrogen (secondary N) is 2. The normalized spacial score (nSPS) is 15.0. The van der Waals surface area contributed by atoms with Crippen LogP contribution in [0.3, 0.4) is 0 Å². The third kappa shape index (κ3) is 6.44. The fraction of sp³-hybridized carbons (Fsp3) is 0.286. The Bertz CT molecular complexity index is 2270. The Hall–Kier alpha value is -6.25. The molecule has 50 heavy (non-hydrogen) atoms. The summed E-state index contributed by atoms with van der Waals surface area (Å²) in [7, 11) is 0. The fourth-order valence-corrected chi connectivity index (χ4v) is 5.62. The van der Waals surface area contributed by atoms with Crippen molar-refractivity contribution in [3.63, 3.8) is 0 Å². The van der Waals surface area contributed by atoms with Crippen LogP contribution in [0.2, 0.25) is 0 Å². The van der Waals surface area contributed by atoms with Crippen molar-refractivity contribution in [1.29, 1.82) is 5.41 Å². The zero-order valence-corrected chi connectivity index (χ0v) is 28.5. The second-order valence-corrected chi connectivity index (χ2v) is 12.2. The molecule has 256 valence electrons. The van der Waals surface area contributed by atoms with Gasteiger partial charge in [0.05, 0.1) is 48.3 Å². The Labute approximate surface area is 288 Å². The number of nitrogens with two attached hydrogens (primary N) is 1. The molecule has 0 amide bonds. The molecule has 0 bridgehead atoms. The predicted molar refractivity (Wildman–Crippen MR) is 191 cm³/mol. The van der Waals surface area contributed by atoms with E-state index in [1.54, 1.807) is 25.0 Å². The van der Waals surface area contributed by atoms with Gasteiger partial charge in [0.25, 0.3) is 11.8 Å². The molecule has 1 aliphatic heterocycles. The van der Waals surface area contributed by atoms with E-state index in [1.807, 2.05) is 82.5 Å². The molecule has 6 aromatic heterocycles. The lowest BCUT2D eigenvalue weighted by Crippen LogP contribution is -2.42. The topological polar surface area (TPSA) is 175 Å². The standard InChI is InChI=1S/C35H39N13O2/c1-22-7-9-28-30(34(43-47(28)24(22)3)49-17-5-13-45-15-11-38-20-45)40-32-26(36)19-27(37)33(42-32)41-31-29-10-8-23(2)25(4)48(29)44-35(31)50-18-6-14-46-16-12-39-21-46/h7-12,15-16,19-21,36H,5-6,13-14,17-18,37H2,1-4H3,(H,40,41,42). The maximum Gasteiger partial charge on any atom is 0.260 e. The van der Waals surface area contributed by atoms with Crippen LogP contribution >= 0.6 is 0 Å². The number of imidazole rings is 2. The van der Waals surface area contributed by atoms with Crippen LogP contribution < -0.4 is 20.5 Å². The van der Waals surface area contributed by atoms with E-state index < -0.39 is 0 Å². The van der Waals surface area contributed by atoms with Crippen molar-refractivity contribution in [3.8, 4) is 11.8 Å². The summed E-state index contributed by atoms with van der Waals surface area (Å²) in [6.45, 7) is 10.4. The van der Waals surface area contributed by atoms with E-state index in [9.17, 15) is 0 Å². The number of aryl methyl sites for hydroxylation is 6. The van der Waals surface area contributed by atoms with Gasteiger partial charge in [0.1, 0.15) is 0 Å². The monoisotopic (exact) mass is 673 g/mol. The molecule has 15 heteroatoms. The molecular formula is C35H39N13O2. The Kier molecular flexibility index (Phi) is 8.85. The third-order valence-corrected chi connectivity index (χ3v) is 8.72. The highest BCUT2D eigenvalue weighted by Crippen LogP contribution is 2.35. The van der Waals surface area contributed by atoms with Gasteiger partial charge in [-0.15, -0.1) is 10.2 Å². The van der Waals surface area contributed by atoms with Gasteiger partial charge in [-0.3, -0.25) is 5.41 Å². The van der Waals surface area contributed by atoms with Crippen molar-refractivity contribution >= 4 is 39.8 Å². The summed E-state index contributed by atoms with van der Waals surface area (Å²) >= 11 is 0. The molecule has 0 aliphatic carbocycles. The van der Waals surface area contributed by atoms with Crippen LogP contribution in [0.25, 0.3) is 11.0 Å². The highest BCUT2D eigenvalue weighted by molar-refractivity contribution is 6.50. The zero-order valence-electron chi connectivity index (χ0n) is 28.5. The van der Waals surface area contributed by atoms with Gasteiger partial charge in [-0.05, 0) is 69.9 Å². The molecule has 0 unspecified atom stereocenters. The first kappa shape index (κ1) is 32.3. The average Bonchev–Trinajstić information content (AvgIpc) is 3.92. The first-order valence-corrected chi connectivity index (χ1v) is 16.4. The minimum absolute atomic E-state index is 0.0954. The van der Waals surface area contributed by atoms with Crippen LogP contribution in [0.5, 0.6) is 11.8 Å². The number of aliphatic imine (C=N–C) groups is 2. The third-order valence-electron chi connectivity index (χ3n) is 8.72. The highest BCUT2D eigenvalue weighted by atomic mass is 16.5.